The summed E-state index contributed by atoms with van der Waals surface area (Å²) in [7, 11) is 1.95. The summed E-state index contributed by atoms with van der Waals surface area (Å²) >= 11 is 5.84. The Bertz CT molecular complexity index is 1120. The number of carbonyl (C=O) groups excluding carboxylic acids is 1. The molecule has 0 radical (unpaired) electrons. The number of halogens is 1. The molecule has 2 heterocycles. The van der Waals surface area contributed by atoms with Gasteiger partial charge >= 0.3 is 0 Å². The summed E-state index contributed by atoms with van der Waals surface area (Å²) in [6, 6.07) is 22.1. The van der Waals surface area contributed by atoms with Gasteiger partial charge in [-0.1, -0.05) is 41.9 Å². The van der Waals surface area contributed by atoms with Gasteiger partial charge in [-0.3, -0.25) is 14.2 Å². The minimum atomic E-state index is -0.172. The molecule has 0 aliphatic rings. The molecule has 2 aromatic heterocycles. The summed E-state index contributed by atoms with van der Waals surface area (Å²) in [6.45, 7) is 0.959. The third-order valence-corrected chi connectivity index (χ3v) is 4.38. The number of benzene rings is 2. The maximum atomic E-state index is 12.0. The fourth-order valence-electron chi connectivity index (χ4n) is 2.85. The number of pyridine rings is 1. The summed E-state index contributed by atoms with van der Waals surface area (Å²) in [5.74, 6) is 0. The van der Waals surface area contributed by atoms with Crippen LogP contribution in [0, 0.1) is 0 Å². The molecular formula is C22H20ClN3O2. The van der Waals surface area contributed by atoms with E-state index in [0.29, 0.717) is 22.1 Å². The van der Waals surface area contributed by atoms with E-state index in [9.17, 15) is 9.59 Å². The number of rotatable bonds is 4. The van der Waals surface area contributed by atoms with Gasteiger partial charge in [0.2, 0.25) is 0 Å². The summed E-state index contributed by atoms with van der Waals surface area (Å²) in [6.07, 6.45) is 0.719. The van der Waals surface area contributed by atoms with Crippen molar-refractivity contribution in [1.29, 1.82) is 0 Å². The van der Waals surface area contributed by atoms with Gasteiger partial charge in [0.15, 0.2) is 6.29 Å². The molecule has 0 amide bonds. The molecule has 0 aliphatic carbocycles. The zero-order valence-electron chi connectivity index (χ0n) is 15.4. The third kappa shape index (κ3) is 4.57. The van der Waals surface area contributed by atoms with E-state index in [0.717, 1.165) is 18.2 Å². The van der Waals surface area contributed by atoms with Gasteiger partial charge in [-0.25, -0.2) is 0 Å². The highest BCUT2D eigenvalue weighted by Crippen LogP contribution is 2.18. The van der Waals surface area contributed by atoms with Crippen LogP contribution in [0.1, 0.15) is 16.1 Å². The first kappa shape index (κ1) is 19.6. The van der Waals surface area contributed by atoms with Crippen LogP contribution >= 0.6 is 11.6 Å². The summed E-state index contributed by atoms with van der Waals surface area (Å²) in [5, 5.41) is 4.49. The van der Waals surface area contributed by atoms with E-state index in [1.807, 2.05) is 25.2 Å². The van der Waals surface area contributed by atoms with Crippen molar-refractivity contribution >= 4 is 28.9 Å². The van der Waals surface area contributed by atoms with Crippen LogP contribution in [0.3, 0.4) is 0 Å². The van der Waals surface area contributed by atoms with Gasteiger partial charge in [-0.05, 0) is 49.0 Å². The number of nitrogens with zero attached hydrogens (tertiary/aromatic N) is 1. The Morgan fingerprint density at radius 1 is 1.04 bits per heavy atom. The van der Waals surface area contributed by atoms with E-state index in [-0.39, 0.29) is 5.56 Å². The van der Waals surface area contributed by atoms with Crippen LogP contribution in [0.5, 0.6) is 0 Å². The molecule has 4 rings (SSSR count). The Hall–Kier alpha value is -3.15. The number of nitrogens with one attached hydrogen (secondary N) is 2. The number of fused-ring (bicyclic) bond motifs is 1. The highest BCUT2D eigenvalue weighted by atomic mass is 35.5. The zero-order chi connectivity index (χ0) is 19.9. The Balaban J connectivity index is 0.000000211. The second kappa shape index (κ2) is 9.17. The highest BCUT2D eigenvalue weighted by molar-refractivity contribution is 6.30. The van der Waals surface area contributed by atoms with E-state index >= 15 is 0 Å². The van der Waals surface area contributed by atoms with Crippen LogP contribution < -0.4 is 10.9 Å². The molecule has 0 saturated heterocycles. The van der Waals surface area contributed by atoms with Gasteiger partial charge in [0.25, 0.3) is 5.56 Å². The number of hydrogen-bond acceptors (Lipinski definition) is 3. The van der Waals surface area contributed by atoms with E-state index in [2.05, 4.69) is 22.4 Å². The first-order chi connectivity index (χ1) is 13.6. The molecule has 0 atom stereocenters. The minimum Gasteiger partial charge on any atom is -0.338 e. The first-order valence-corrected chi connectivity index (χ1v) is 9.14. The topological polar surface area (TPSA) is 66.9 Å². The molecule has 28 heavy (non-hydrogen) atoms. The molecule has 0 aliphatic heterocycles. The second-order valence-corrected chi connectivity index (χ2v) is 6.58. The van der Waals surface area contributed by atoms with Crippen LogP contribution in [0.25, 0.3) is 16.7 Å². The lowest BCUT2D eigenvalue weighted by Gasteiger charge is -2.07. The van der Waals surface area contributed by atoms with Crippen molar-refractivity contribution in [3.63, 3.8) is 0 Å². The molecule has 0 spiro atoms. The van der Waals surface area contributed by atoms with E-state index in [4.69, 9.17) is 11.6 Å². The smallest absolute Gasteiger partial charge is 0.256 e. The van der Waals surface area contributed by atoms with E-state index in [1.54, 1.807) is 36.4 Å². The summed E-state index contributed by atoms with van der Waals surface area (Å²) in [5.41, 5.74) is 2.88. The van der Waals surface area contributed by atoms with Crippen LogP contribution in [0.4, 0.5) is 0 Å². The highest BCUT2D eigenvalue weighted by Gasteiger charge is 2.08. The lowest BCUT2D eigenvalue weighted by molar-refractivity contribution is 0.111. The fourth-order valence-corrected chi connectivity index (χ4v) is 2.97. The maximum absolute atomic E-state index is 12.0. The van der Waals surface area contributed by atoms with Crippen LogP contribution in [0.15, 0.2) is 77.6 Å². The Morgan fingerprint density at radius 3 is 2.39 bits per heavy atom. The average molecular weight is 394 g/mol. The number of aromatic amines is 1. The Labute approximate surface area is 167 Å². The summed E-state index contributed by atoms with van der Waals surface area (Å²) in [4.78, 5) is 25.8. The number of aldehydes is 1. The fraction of sp³-hybridized carbons (Fsp3) is 0.0909. The van der Waals surface area contributed by atoms with Gasteiger partial charge in [0, 0.05) is 23.0 Å². The summed E-state index contributed by atoms with van der Waals surface area (Å²) < 4.78 is 1.51. The molecule has 0 saturated carbocycles. The molecule has 6 heteroatoms. The number of carbonyl (C=O) groups is 1. The van der Waals surface area contributed by atoms with Crippen LogP contribution in [-0.2, 0) is 6.54 Å². The molecule has 0 unspecified atom stereocenters. The quantitative estimate of drug-likeness (QED) is 0.511. The van der Waals surface area contributed by atoms with Crippen molar-refractivity contribution in [3.05, 3.63) is 99.4 Å². The van der Waals surface area contributed by atoms with Gasteiger partial charge in [-0.2, -0.15) is 0 Å². The molecule has 2 N–H and O–H groups in total. The lowest BCUT2D eigenvalue weighted by atomic mass is 10.2. The molecule has 4 aromatic rings. The number of aromatic nitrogens is 2. The molecule has 142 valence electrons. The van der Waals surface area contributed by atoms with Gasteiger partial charge in [-0.15, -0.1) is 0 Å². The Morgan fingerprint density at radius 2 is 1.75 bits per heavy atom. The molecular weight excluding hydrogens is 374 g/mol. The predicted molar refractivity (Wildman–Crippen MR) is 113 cm³/mol. The van der Waals surface area contributed by atoms with Crippen molar-refractivity contribution in [1.82, 2.24) is 14.9 Å². The SMILES string of the molecule is CNCc1ccccc1.O=Cc1cc2ccc(=O)n(-c3ccc(Cl)cc3)c2[nH]1. The minimum absolute atomic E-state index is 0.172. The van der Waals surface area contributed by atoms with Gasteiger partial charge < -0.3 is 10.3 Å². The third-order valence-electron chi connectivity index (χ3n) is 4.13. The zero-order valence-corrected chi connectivity index (χ0v) is 16.1. The van der Waals surface area contributed by atoms with E-state index in [1.165, 1.54) is 16.2 Å². The van der Waals surface area contributed by atoms with Crippen LogP contribution in [0.2, 0.25) is 5.02 Å². The second-order valence-electron chi connectivity index (χ2n) is 6.15. The Kier molecular flexibility index (Phi) is 6.42. The van der Waals surface area contributed by atoms with E-state index < -0.39 is 0 Å². The van der Waals surface area contributed by atoms with Crippen molar-refractivity contribution < 1.29 is 4.79 Å². The average Bonchev–Trinajstić information content (AvgIpc) is 3.14. The molecule has 0 bridgehead atoms. The monoisotopic (exact) mass is 393 g/mol. The normalized spacial score (nSPS) is 10.4. The maximum Gasteiger partial charge on any atom is 0.256 e. The van der Waals surface area contributed by atoms with Gasteiger partial charge in [0.1, 0.15) is 5.65 Å². The molecule has 2 aromatic carbocycles. The molecule has 5 nitrogen and oxygen atoms in total. The van der Waals surface area contributed by atoms with Crippen molar-refractivity contribution in [2.75, 3.05) is 7.05 Å². The van der Waals surface area contributed by atoms with Crippen LogP contribution in [-0.4, -0.2) is 22.9 Å². The number of H-pyrrole nitrogens is 1. The van der Waals surface area contributed by atoms with Crippen molar-refractivity contribution in [3.8, 4) is 5.69 Å². The van der Waals surface area contributed by atoms with Crippen molar-refractivity contribution in [2.24, 2.45) is 0 Å². The largest absolute Gasteiger partial charge is 0.338 e. The number of hydrogen-bond donors (Lipinski definition) is 2. The predicted octanol–water partition coefficient (Wildman–Crippen LogP) is 4.19. The lowest BCUT2D eigenvalue weighted by Crippen LogP contribution is -2.17. The first-order valence-electron chi connectivity index (χ1n) is 8.77. The van der Waals surface area contributed by atoms with Crippen molar-refractivity contribution in [2.45, 2.75) is 6.54 Å². The van der Waals surface area contributed by atoms with Gasteiger partial charge in [0.05, 0.1) is 11.4 Å². The molecule has 0 fully saturated rings. The standard InChI is InChI=1S/C14H9ClN2O2.C8H11N/c15-10-2-4-12(5-3-10)17-13(19)6-1-9-7-11(8-18)16-14(9)17;1-9-7-8-5-3-2-4-6-8/h1-8,16H;2-6,9H,7H2,1H3.